The number of nitrogens with zero attached hydrogens (tertiary/aromatic N) is 7. The van der Waals surface area contributed by atoms with E-state index in [9.17, 15) is 24.3 Å². The standard InChI is InChI=1S/C54H67ClN10O6S2/c1-9-41(33-10-12-35(13-11-33)48-30(3)56-28-72-48)59-51(69)43-24-38(66)26-64(43)52(70)49(54(6,7)8)60-45(68)27-63-20-18-39(19-21-63)71-40-22-37(23-40)57-44(67)25-42-50-62-61-32(5)65(50)53-46(29(2)31(4)73-53)47(58-42)34-14-16-36(55)17-15-34/h10-17,28,37-43,49,66H,9,18-27H2,1-8H3,(H,57,67)(H,59,69)(H,60,68)/t37?,38-,40?,41-,42+,43+,49-/m1/s1. The zero-order valence-corrected chi connectivity index (χ0v) is 45.3. The maximum absolute atomic E-state index is 14.4. The van der Waals surface area contributed by atoms with Crippen molar-refractivity contribution >= 4 is 63.6 Å². The Morgan fingerprint density at radius 3 is 2.26 bits per heavy atom. The van der Waals surface area contributed by atoms with Gasteiger partial charge in [0.05, 0.1) is 59.1 Å². The summed E-state index contributed by atoms with van der Waals surface area (Å²) in [6.45, 7) is 17.2. The molecule has 3 aliphatic heterocycles. The molecule has 388 valence electrons. The zero-order chi connectivity index (χ0) is 51.9. The molecular formula is C54H67ClN10O6S2. The number of benzene rings is 2. The molecule has 5 atom stereocenters. The van der Waals surface area contributed by atoms with Crippen molar-refractivity contribution < 1.29 is 29.0 Å². The van der Waals surface area contributed by atoms with Gasteiger partial charge in [-0.1, -0.05) is 75.7 Å². The maximum Gasteiger partial charge on any atom is 0.246 e. The van der Waals surface area contributed by atoms with Gasteiger partial charge < -0.3 is 30.7 Å². The number of halogens is 1. The fraction of sp³-hybridized carbons (Fsp3) is 0.519. The van der Waals surface area contributed by atoms with Crippen LogP contribution in [-0.4, -0.2) is 127 Å². The second kappa shape index (κ2) is 21.8. The Morgan fingerprint density at radius 2 is 1.60 bits per heavy atom. The molecule has 5 aromatic rings. The van der Waals surface area contributed by atoms with Crippen LogP contribution in [0.15, 0.2) is 59.0 Å². The number of thiazole rings is 1. The van der Waals surface area contributed by atoms with Crippen molar-refractivity contribution in [1.29, 1.82) is 0 Å². The lowest BCUT2D eigenvalue weighted by molar-refractivity contribution is -0.144. The van der Waals surface area contributed by atoms with E-state index in [1.54, 1.807) is 22.7 Å². The second-order valence-electron chi connectivity index (χ2n) is 21.2. The molecule has 0 spiro atoms. The van der Waals surface area contributed by atoms with Crippen LogP contribution >= 0.6 is 34.3 Å². The van der Waals surface area contributed by atoms with Crippen LogP contribution in [0.3, 0.4) is 0 Å². The van der Waals surface area contributed by atoms with Crippen molar-refractivity contribution in [3.8, 4) is 15.4 Å². The van der Waals surface area contributed by atoms with Crippen molar-refractivity contribution in [2.45, 2.75) is 149 Å². The van der Waals surface area contributed by atoms with Crippen LogP contribution in [0.5, 0.6) is 0 Å². The van der Waals surface area contributed by atoms with Crippen LogP contribution in [0.2, 0.25) is 5.02 Å². The Kier molecular flexibility index (Phi) is 15.7. The SMILES string of the molecule is CC[C@@H](NC(=O)[C@@H]1C[C@@H](O)CN1C(=O)[C@@H](NC(=O)CN1CCC(OC2CC(NC(=O)C[C@@H]3N=C(c4ccc(Cl)cc4)c4c(sc(C)c4C)-n4c(C)nnc43)C2)CC1)C(C)(C)C)c1ccc(-c2scnc2C)cc1. The Bertz CT molecular complexity index is 2860. The Hall–Kier alpha value is -5.37. The van der Waals surface area contributed by atoms with E-state index in [0.717, 1.165) is 67.8 Å². The molecular weight excluding hydrogens is 984 g/mol. The van der Waals surface area contributed by atoms with E-state index in [1.165, 1.54) is 9.78 Å². The van der Waals surface area contributed by atoms with Gasteiger partial charge in [0.15, 0.2) is 5.82 Å². The van der Waals surface area contributed by atoms with Crippen molar-refractivity contribution in [2.75, 3.05) is 26.2 Å². The number of carbonyl (C=O) groups is 4. The normalized spacial score (nSPS) is 22.1. The highest BCUT2D eigenvalue weighted by molar-refractivity contribution is 7.15. The highest BCUT2D eigenvalue weighted by Crippen LogP contribution is 2.40. The maximum atomic E-state index is 14.4. The topological polar surface area (TPSA) is 196 Å². The van der Waals surface area contributed by atoms with Crippen molar-refractivity contribution in [3.63, 3.8) is 0 Å². The van der Waals surface area contributed by atoms with Gasteiger partial charge in [-0.25, -0.2) is 4.98 Å². The average molecular weight is 1050 g/mol. The first-order chi connectivity index (χ1) is 34.8. The quantitative estimate of drug-likeness (QED) is 0.0815. The van der Waals surface area contributed by atoms with E-state index < -0.39 is 29.6 Å². The van der Waals surface area contributed by atoms with Gasteiger partial charge in [-0.2, -0.15) is 0 Å². The number of aromatic nitrogens is 4. The molecule has 19 heteroatoms. The number of aliphatic imine (C=N–C) groups is 1. The van der Waals surface area contributed by atoms with Gasteiger partial charge in [0.25, 0.3) is 0 Å². The molecule has 1 aliphatic carbocycles. The lowest BCUT2D eigenvalue weighted by Gasteiger charge is -2.40. The summed E-state index contributed by atoms with van der Waals surface area (Å²) in [4.78, 5) is 71.1. The van der Waals surface area contributed by atoms with Gasteiger partial charge in [0.2, 0.25) is 23.6 Å². The molecule has 4 N–H and O–H groups in total. The minimum Gasteiger partial charge on any atom is -0.391 e. The fourth-order valence-electron chi connectivity index (χ4n) is 10.5. The number of hydrogen-bond donors (Lipinski definition) is 4. The third-order valence-electron chi connectivity index (χ3n) is 14.8. The zero-order valence-electron chi connectivity index (χ0n) is 42.9. The van der Waals surface area contributed by atoms with Crippen LogP contribution in [0.1, 0.15) is 129 Å². The minimum absolute atomic E-state index is 0.00376. The largest absolute Gasteiger partial charge is 0.391 e. The molecule has 9 rings (SSSR count). The summed E-state index contributed by atoms with van der Waals surface area (Å²) in [5, 5.41) is 30.8. The van der Waals surface area contributed by atoms with Gasteiger partial charge >= 0.3 is 0 Å². The number of rotatable bonds is 15. The first kappa shape index (κ1) is 52.5. The minimum atomic E-state index is -0.919. The molecule has 4 amide bonds. The Morgan fingerprint density at radius 1 is 0.904 bits per heavy atom. The number of fused-ring (bicyclic) bond motifs is 3. The van der Waals surface area contributed by atoms with E-state index >= 15 is 0 Å². The molecule has 0 radical (unpaired) electrons. The van der Waals surface area contributed by atoms with Gasteiger partial charge in [0.1, 0.15) is 29.0 Å². The van der Waals surface area contributed by atoms with Crippen LogP contribution in [0, 0.1) is 33.1 Å². The monoisotopic (exact) mass is 1050 g/mol. The molecule has 3 aromatic heterocycles. The summed E-state index contributed by atoms with van der Waals surface area (Å²) >= 11 is 9.54. The first-order valence-electron chi connectivity index (χ1n) is 25.5. The Labute approximate surface area is 440 Å². The molecule has 2 saturated heterocycles. The number of ether oxygens (including phenoxy) is 1. The molecule has 16 nitrogen and oxygen atoms in total. The van der Waals surface area contributed by atoms with E-state index in [2.05, 4.69) is 54.4 Å². The summed E-state index contributed by atoms with van der Waals surface area (Å²) in [5.41, 5.74) is 8.01. The number of carbonyl (C=O) groups excluding carboxylic acids is 4. The second-order valence-corrected chi connectivity index (χ2v) is 23.7. The third kappa shape index (κ3) is 11.5. The molecule has 6 heterocycles. The summed E-state index contributed by atoms with van der Waals surface area (Å²) < 4.78 is 8.56. The number of likely N-dealkylation sites (tertiary alicyclic amines) is 2. The van der Waals surface area contributed by atoms with E-state index in [0.29, 0.717) is 43.2 Å². The smallest absolute Gasteiger partial charge is 0.246 e. The van der Waals surface area contributed by atoms with Gasteiger partial charge in [-0.3, -0.25) is 33.6 Å². The number of piperidine rings is 1. The molecule has 4 aliphatic rings. The third-order valence-corrected chi connectivity index (χ3v) is 17.2. The fourth-order valence-corrected chi connectivity index (χ4v) is 12.7. The van der Waals surface area contributed by atoms with E-state index in [1.807, 2.05) is 95.6 Å². The highest BCUT2D eigenvalue weighted by Gasteiger charge is 2.45. The van der Waals surface area contributed by atoms with Gasteiger partial charge in [-0.15, -0.1) is 32.9 Å². The van der Waals surface area contributed by atoms with Crippen molar-refractivity contribution in [3.05, 3.63) is 104 Å². The number of aliphatic hydroxyl groups excluding tert-OH is 1. The summed E-state index contributed by atoms with van der Waals surface area (Å²) in [7, 11) is 0. The van der Waals surface area contributed by atoms with E-state index in [4.69, 9.17) is 21.3 Å². The molecule has 2 aromatic carbocycles. The molecule has 3 fully saturated rings. The number of aliphatic hydroxyl groups is 1. The number of hydrogen-bond acceptors (Lipinski definition) is 13. The summed E-state index contributed by atoms with van der Waals surface area (Å²) in [6, 6.07) is 13.1. The lowest BCUT2D eigenvalue weighted by atomic mass is 9.85. The number of β-amino-alcohol motifs (C(OH)–C–C–N with tert-alkyl or cyclic N) is 1. The van der Waals surface area contributed by atoms with Crippen LogP contribution in [0.25, 0.3) is 15.4 Å². The average Bonchev–Trinajstić information content (AvgIpc) is 4.11. The van der Waals surface area contributed by atoms with Gasteiger partial charge in [0, 0.05) is 53.1 Å². The molecule has 0 unspecified atom stereocenters. The number of nitrogens with one attached hydrogen (secondary N) is 3. The number of amides is 4. The number of aryl methyl sites for hydroxylation is 3. The van der Waals surface area contributed by atoms with Crippen LogP contribution in [-0.2, 0) is 23.9 Å². The van der Waals surface area contributed by atoms with E-state index in [-0.39, 0.29) is 73.9 Å². The van der Waals surface area contributed by atoms with Gasteiger partial charge in [-0.05, 0) is 94.0 Å². The van der Waals surface area contributed by atoms with Crippen LogP contribution in [0.4, 0.5) is 0 Å². The highest BCUT2D eigenvalue weighted by atomic mass is 35.5. The van der Waals surface area contributed by atoms with Crippen LogP contribution < -0.4 is 16.0 Å². The molecule has 73 heavy (non-hydrogen) atoms. The molecule has 1 saturated carbocycles. The summed E-state index contributed by atoms with van der Waals surface area (Å²) in [5.74, 6) is 0.274. The van der Waals surface area contributed by atoms with Crippen molar-refractivity contribution in [1.82, 2.24) is 45.5 Å². The predicted octanol–water partition coefficient (Wildman–Crippen LogP) is 7.51. The van der Waals surface area contributed by atoms with Crippen molar-refractivity contribution in [2.24, 2.45) is 10.4 Å². The first-order valence-corrected chi connectivity index (χ1v) is 27.5. The lowest BCUT2D eigenvalue weighted by Crippen LogP contribution is -2.59. The molecule has 0 bridgehead atoms. The predicted molar refractivity (Wildman–Crippen MR) is 284 cm³/mol. The summed E-state index contributed by atoms with van der Waals surface area (Å²) in [6.07, 6.45) is 2.97. The number of thiophene rings is 1. The Balaban J connectivity index is 0.740.